The van der Waals surface area contributed by atoms with Crippen molar-refractivity contribution >= 4 is 64.0 Å². The molecule has 1 aliphatic rings. The lowest BCUT2D eigenvalue weighted by molar-refractivity contribution is -0.117. The Morgan fingerprint density at radius 3 is 2.24 bits per heavy atom. The van der Waals surface area contributed by atoms with Gasteiger partial charge in [-0.2, -0.15) is 0 Å². The van der Waals surface area contributed by atoms with Gasteiger partial charge in [-0.25, -0.2) is 4.79 Å². The van der Waals surface area contributed by atoms with Gasteiger partial charge < -0.3 is 10.4 Å². The van der Waals surface area contributed by atoms with Gasteiger partial charge in [0, 0.05) is 16.0 Å². The maximum absolute atomic E-state index is 12.6. The van der Waals surface area contributed by atoms with E-state index < -0.39 is 28.0 Å². The molecule has 0 saturated heterocycles. The van der Waals surface area contributed by atoms with Crippen LogP contribution >= 0.6 is 46.4 Å². The standard InChI is InChI=1S/C17H11Cl4NO3/c18-9-5-8(6-10(19)7-9)13-14(17(13,20)21)15(23)22-12-4-2-1-3-11(12)16(24)25/h1-7,13-14H,(H,22,23)(H,24,25). The number of carboxylic acids is 1. The van der Waals surface area contributed by atoms with Crippen LogP contribution < -0.4 is 5.32 Å². The summed E-state index contributed by atoms with van der Waals surface area (Å²) in [6.45, 7) is 0. The highest BCUT2D eigenvalue weighted by atomic mass is 35.5. The van der Waals surface area contributed by atoms with Gasteiger partial charge in [0.05, 0.1) is 17.2 Å². The molecule has 2 unspecified atom stereocenters. The summed E-state index contributed by atoms with van der Waals surface area (Å²) in [7, 11) is 0. The van der Waals surface area contributed by atoms with E-state index >= 15 is 0 Å². The second-order valence-electron chi connectivity index (χ2n) is 5.67. The summed E-state index contributed by atoms with van der Waals surface area (Å²) in [4.78, 5) is 23.8. The van der Waals surface area contributed by atoms with E-state index in [9.17, 15) is 14.7 Å². The Bertz CT molecular complexity index is 848. The SMILES string of the molecule is O=C(O)c1ccccc1NC(=O)C1C(c2cc(Cl)cc(Cl)c2)C1(Cl)Cl. The van der Waals surface area contributed by atoms with Crippen molar-refractivity contribution in [2.45, 2.75) is 10.3 Å². The van der Waals surface area contributed by atoms with Gasteiger partial charge in [-0.1, -0.05) is 35.3 Å². The minimum absolute atomic E-state index is 0.0198. The first kappa shape index (κ1) is 18.3. The first-order valence-electron chi connectivity index (χ1n) is 7.19. The van der Waals surface area contributed by atoms with Gasteiger partial charge in [0.15, 0.2) is 0 Å². The molecule has 0 radical (unpaired) electrons. The van der Waals surface area contributed by atoms with Crippen molar-refractivity contribution in [3.8, 4) is 0 Å². The number of amides is 1. The number of alkyl halides is 2. The van der Waals surface area contributed by atoms with Gasteiger partial charge in [-0.3, -0.25) is 4.79 Å². The highest BCUT2D eigenvalue weighted by Crippen LogP contribution is 2.65. The van der Waals surface area contributed by atoms with Crippen LogP contribution in [0.5, 0.6) is 0 Å². The fourth-order valence-electron chi connectivity index (χ4n) is 2.81. The van der Waals surface area contributed by atoms with Crippen molar-refractivity contribution in [1.82, 2.24) is 0 Å². The molecule has 0 heterocycles. The predicted octanol–water partition coefficient (Wildman–Crippen LogP) is 5.22. The fraction of sp³-hybridized carbons (Fsp3) is 0.176. The number of nitrogens with one attached hydrogen (secondary N) is 1. The summed E-state index contributed by atoms with van der Waals surface area (Å²) in [5.41, 5.74) is 0.807. The Morgan fingerprint density at radius 1 is 1.04 bits per heavy atom. The first-order valence-corrected chi connectivity index (χ1v) is 8.70. The summed E-state index contributed by atoms with van der Waals surface area (Å²) in [5.74, 6) is -2.87. The molecule has 0 aromatic heterocycles. The Labute approximate surface area is 163 Å². The highest BCUT2D eigenvalue weighted by Gasteiger charge is 2.67. The van der Waals surface area contributed by atoms with Crippen LogP contribution in [-0.4, -0.2) is 21.3 Å². The van der Waals surface area contributed by atoms with E-state index in [1.54, 1.807) is 30.3 Å². The van der Waals surface area contributed by atoms with Gasteiger partial charge >= 0.3 is 5.97 Å². The molecule has 1 aliphatic carbocycles. The number of rotatable bonds is 4. The molecule has 4 nitrogen and oxygen atoms in total. The molecular formula is C17H11Cl4NO3. The number of hydrogen-bond acceptors (Lipinski definition) is 2. The number of carbonyl (C=O) groups is 2. The van der Waals surface area contributed by atoms with Crippen molar-refractivity contribution in [2.75, 3.05) is 5.32 Å². The van der Waals surface area contributed by atoms with E-state index in [4.69, 9.17) is 46.4 Å². The topological polar surface area (TPSA) is 66.4 Å². The third-order valence-electron chi connectivity index (χ3n) is 4.00. The van der Waals surface area contributed by atoms with E-state index in [2.05, 4.69) is 5.32 Å². The minimum Gasteiger partial charge on any atom is -0.478 e. The zero-order valence-electron chi connectivity index (χ0n) is 12.5. The molecule has 8 heteroatoms. The molecule has 3 rings (SSSR count). The second-order valence-corrected chi connectivity index (χ2v) is 7.99. The fourth-order valence-corrected chi connectivity index (χ4v) is 4.18. The summed E-state index contributed by atoms with van der Waals surface area (Å²) in [6.07, 6.45) is 0. The van der Waals surface area contributed by atoms with Gasteiger partial charge in [-0.15, -0.1) is 23.2 Å². The number of carboxylic acid groups (broad SMARTS) is 1. The molecule has 130 valence electrons. The van der Waals surface area contributed by atoms with Crippen LogP contribution in [-0.2, 0) is 4.79 Å². The third kappa shape index (κ3) is 3.58. The summed E-state index contributed by atoms with van der Waals surface area (Å²) >= 11 is 24.5. The van der Waals surface area contributed by atoms with Crippen LogP contribution in [0.25, 0.3) is 0 Å². The first-order chi connectivity index (χ1) is 11.7. The molecule has 2 aromatic rings. The molecular weight excluding hydrogens is 408 g/mol. The van der Waals surface area contributed by atoms with Crippen molar-refractivity contribution in [1.29, 1.82) is 0 Å². The second kappa shape index (κ2) is 6.69. The average Bonchev–Trinajstić information content (AvgIpc) is 3.09. The van der Waals surface area contributed by atoms with Crippen LogP contribution in [0.1, 0.15) is 21.8 Å². The van der Waals surface area contributed by atoms with Gasteiger partial charge in [0.1, 0.15) is 4.33 Å². The largest absolute Gasteiger partial charge is 0.478 e. The molecule has 1 amide bonds. The van der Waals surface area contributed by atoms with Crippen LogP contribution in [0.4, 0.5) is 5.69 Å². The molecule has 2 atom stereocenters. The smallest absolute Gasteiger partial charge is 0.337 e. The lowest BCUT2D eigenvalue weighted by Crippen LogP contribution is -2.19. The number of aromatic carboxylic acids is 1. The Balaban J connectivity index is 1.85. The molecule has 2 aromatic carbocycles. The van der Waals surface area contributed by atoms with E-state index in [-0.39, 0.29) is 11.3 Å². The van der Waals surface area contributed by atoms with Crippen LogP contribution in [0.15, 0.2) is 42.5 Å². The van der Waals surface area contributed by atoms with Crippen molar-refractivity contribution in [2.24, 2.45) is 5.92 Å². The normalized spacial score (nSPS) is 20.8. The van der Waals surface area contributed by atoms with Gasteiger partial charge in [-0.05, 0) is 35.9 Å². The summed E-state index contributed by atoms with van der Waals surface area (Å²) in [6, 6.07) is 11.0. The lowest BCUT2D eigenvalue weighted by atomic mass is 10.1. The van der Waals surface area contributed by atoms with Gasteiger partial charge in [0.2, 0.25) is 5.91 Å². The number of carbonyl (C=O) groups excluding carboxylic acids is 1. The lowest BCUT2D eigenvalue weighted by Gasteiger charge is -2.08. The monoisotopic (exact) mass is 417 g/mol. The predicted molar refractivity (Wildman–Crippen MR) is 99.2 cm³/mol. The maximum atomic E-state index is 12.6. The number of anilines is 1. The zero-order valence-corrected chi connectivity index (χ0v) is 15.5. The summed E-state index contributed by atoms with van der Waals surface area (Å²) in [5, 5.41) is 12.6. The molecule has 1 saturated carbocycles. The maximum Gasteiger partial charge on any atom is 0.337 e. The number of halogens is 4. The quantitative estimate of drug-likeness (QED) is 0.669. The van der Waals surface area contributed by atoms with Gasteiger partial charge in [0.25, 0.3) is 0 Å². The molecule has 2 N–H and O–H groups in total. The number of para-hydroxylation sites is 1. The Kier molecular flexibility index (Phi) is 4.91. The van der Waals surface area contributed by atoms with Crippen molar-refractivity contribution in [3.05, 3.63) is 63.6 Å². The Hall–Kier alpha value is -1.46. The van der Waals surface area contributed by atoms with Crippen LogP contribution in [0.3, 0.4) is 0 Å². The number of hydrogen-bond donors (Lipinski definition) is 2. The Morgan fingerprint density at radius 2 is 1.64 bits per heavy atom. The molecule has 25 heavy (non-hydrogen) atoms. The van der Waals surface area contributed by atoms with Crippen LogP contribution in [0.2, 0.25) is 10.0 Å². The van der Waals surface area contributed by atoms with Crippen molar-refractivity contribution in [3.63, 3.8) is 0 Å². The van der Waals surface area contributed by atoms with E-state index in [1.807, 2.05) is 0 Å². The summed E-state index contributed by atoms with van der Waals surface area (Å²) < 4.78 is -1.32. The molecule has 1 fully saturated rings. The highest BCUT2D eigenvalue weighted by molar-refractivity contribution is 6.53. The average molecular weight is 419 g/mol. The molecule has 0 aliphatic heterocycles. The molecule has 0 spiro atoms. The van der Waals surface area contributed by atoms with E-state index in [0.29, 0.717) is 15.6 Å². The van der Waals surface area contributed by atoms with Crippen LogP contribution in [0, 0.1) is 5.92 Å². The third-order valence-corrected chi connectivity index (χ3v) is 5.37. The van der Waals surface area contributed by atoms with E-state index in [0.717, 1.165) is 0 Å². The number of benzene rings is 2. The molecule has 0 bridgehead atoms. The zero-order chi connectivity index (χ0) is 18.4. The van der Waals surface area contributed by atoms with E-state index in [1.165, 1.54) is 12.1 Å². The van der Waals surface area contributed by atoms with Crippen molar-refractivity contribution < 1.29 is 14.7 Å². The minimum atomic E-state index is -1.32.